The zero-order chi connectivity index (χ0) is 30.1. The smallest absolute Gasteiger partial charge is 0.270 e. The van der Waals surface area contributed by atoms with Crippen LogP contribution < -0.4 is 10.9 Å². The van der Waals surface area contributed by atoms with E-state index in [0.29, 0.717) is 22.4 Å². The summed E-state index contributed by atoms with van der Waals surface area (Å²) in [5.41, 5.74) is 7.12. The van der Waals surface area contributed by atoms with Gasteiger partial charge in [0.15, 0.2) is 5.65 Å². The van der Waals surface area contributed by atoms with Crippen molar-refractivity contribution in [2.75, 3.05) is 26.3 Å². The van der Waals surface area contributed by atoms with Crippen molar-refractivity contribution >= 4 is 44.2 Å². The number of hydrazine groups is 1. The molecule has 0 radical (unpaired) electrons. The van der Waals surface area contributed by atoms with E-state index in [0.717, 1.165) is 33.1 Å². The summed E-state index contributed by atoms with van der Waals surface area (Å²) in [7, 11) is -4.20. The molecule has 4 heterocycles. The Morgan fingerprint density at radius 2 is 1.72 bits per heavy atom. The van der Waals surface area contributed by atoms with Crippen molar-refractivity contribution < 1.29 is 27.1 Å². The second-order valence-corrected chi connectivity index (χ2v) is 12.5. The van der Waals surface area contributed by atoms with E-state index in [1.165, 1.54) is 11.3 Å². The highest BCUT2D eigenvalue weighted by molar-refractivity contribution is 7.89. The number of nitrogens with one attached hydrogen (secondary N) is 2. The van der Waals surface area contributed by atoms with Gasteiger partial charge in [-0.3, -0.25) is 20.4 Å². The Morgan fingerprint density at radius 1 is 0.977 bits per heavy atom. The van der Waals surface area contributed by atoms with Crippen LogP contribution in [0, 0.1) is 12.7 Å². The Labute approximate surface area is 249 Å². The van der Waals surface area contributed by atoms with Gasteiger partial charge < -0.3 is 4.74 Å². The van der Waals surface area contributed by atoms with Crippen molar-refractivity contribution in [2.24, 2.45) is 0 Å². The Kier molecular flexibility index (Phi) is 7.75. The number of pyridine rings is 1. The van der Waals surface area contributed by atoms with Gasteiger partial charge in [0.1, 0.15) is 10.7 Å². The predicted octanol–water partition coefficient (Wildman–Crippen LogP) is 3.69. The van der Waals surface area contributed by atoms with Crippen LogP contribution in [-0.4, -0.2) is 65.6 Å². The van der Waals surface area contributed by atoms with Crippen LogP contribution in [0.1, 0.15) is 26.4 Å². The summed E-state index contributed by atoms with van der Waals surface area (Å²) in [6.07, 6.45) is 0. The van der Waals surface area contributed by atoms with E-state index in [9.17, 15) is 22.4 Å². The van der Waals surface area contributed by atoms with E-state index in [1.54, 1.807) is 17.7 Å². The van der Waals surface area contributed by atoms with Gasteiger partial charge in [0.05, 0.1) is 46.1 Å². The molecule has 1 fully saturated rings. The summed E-state index contributed by atoms with van der Waals surface area (Å²) in [6, 6.07) is 17.8. The number of carbonyl (C=O) groups excluding carboxylic acids is 2. The number of aryl methyl sites for hydroxylation is 1. The molecule has 11 nitrogen and oxygen atoms in total. The van der Waals surface area contributed by atoms with E-state index in [2.05, 4.69) is 16.0 Å². The number of amides is 2. The molecule has 1 aliphatic rings. The minimum atomic E-state index is -4.20. The fourth-order valence-electron chi connectivity index (χ4n) is 4.79. The Bertz CT molecular complexity index is 1940. The number of thiophene rings is 1. The lowest BCUT2D eigenvalue weighted by atomic mass is 10.1. The Hall–Kier alpha value is -4.50. The molecule has 14 heteroatoms. The molecule has 2 N–H and O–H groups in total. The van der Waals surface area contributed by atoms with Crippen LogP contribution in [-0.2, 0) is 14.8 Å². The number of para-hydroxylation sites is 1. The monoisotopic (exact) mass is 620 g/mol. The number of ether oxygens (including phenoxy) is 1. The Morgan fingerprint density at radius 3 is 2.44 bits per heavy atom. The molecule has 0 spiro atoms. The summed E-state index contributed by atoms with van der Waals surface area (Å²) in [4.78, 5) is 31.6. The van der Waals surface area contributed by atoms with Crippen LogP contribution >= 0.6 is 11.3 Å². The average Bonchev–Trinajstić information content (AvgIpc) is 3.69. The number of carbonyl (C=O) groups is 2. The molecular formula is C29H25FN6O5S2. The molecule has 5 aromatic rings. The van der Waals surface area contributed by atoms with Crippen molar-refractivity contribution in [1.82, 2.24) is 29.9 Å². The van der Waals surface area contributed by atoms with Crippen LogP contribution in [0.15, 0.2) is 77.0 Å². The molecule has 2 aromatic carbocycles. The highest BCUT2D eigenvalue weighted by atomic mass is 32.2. The van der Waals surface area contributed by atoms with Gasteiger partial charge in [0.2, 0.25) is 10.0 Å². The lowest BCUT2D eigenvalue weighted by molar-refractivity contribution is 0.0729. The zero-order valence-electron chi connectivity index (χ0n) is 22.8. The van der Waals surface area contributed by atoms with Gasteiger partial charge in [-0.1, -0.05) is 24.3 Å². The molecule has 220 valence electrons. The highest BCUT2D eigenvalue weighted by Crippen LogP contribution is 2.31. The number of fused-ring (bicyclic) bond motifs is 1. The molecule has 3 aromatic heterocycles. The van der Waals surface area contributed by atoms with E-state index in [1.807, 2.05) is 47.8 Å². The number of halogens is 1. The molecule has 0 aliphatic carbocycles. The number of rotatable bonds is 6. The number of hydrogen-bond donors (Lipinski definition) is 2. The summed E-state index contributed by atoms with van der Waals surface area (Å²) in [5.74, 6) is -2.46. The molecular weight excluding hydrogens is 595 g/mol. The van der Waals surface area contributed by atoms with E-state index < -0.39 is 32.6 Å². The van der Waals surface area contributed by atoms with Gasteiger partial charge >= 0.3 is 0 Å². The number of morpholine rings is 1. The maximum Gasteiger partial charge on any atom is 0.270 e. The summed E-state index contributed by atoms with van der Waals surface area (Å²) in [5, 5.41) is 7.03. The lowest BCUT2D eigenvalue weighted by Crippen LogP contribution is -2.42. The quantitative estimate of drug-likeness (QED) is 0.277. The molecule has 1 saturated heterocycles. The largest absolute Gasteiger partial charge is 0.379 e. The van der Waals surface area contributed by atoms with Crippen LogP contribution in [0.3, 0.4) is 0 Å². The minimum absolute atomic E-state index is 0.0718. The van der Waals surface area contributed by atoms with Crippen molar-refractivity contribution in [3.05, 3.63) is 94.7 Å². The fourth-order valence-corrected chi connectivity index (χ4v) is 6.97. The molecule has 1 aliphatic heterocycles. The zero-order valence-corrected chi connectivity index (χ0v) is 24.4. The summed E-state index contributed by atoms with van der Waals surface area (Å²) in [6.45, 7) is 2.28. The standard InChI is InChI=1S/C29H25FN6O5S2/c1-18-26-21(17-23(24-8-5-15-42-24)31-27(26)36(34-18)20-6-3-2-4-7-20)29(38)33-32-28(37)19-9-10-22(30)25(16-19)43(39,40)35-11-13-41-14-12-35/h2-10,15-17H,11-14H2,1H3,(H,32,37)(H,33,38). The van der Waals surface area contributed by atoms with Gasteiger partial charge in [-0.25, -0.2) is 22.5 Å². The van der Waals surface area contributed by atoms with Crippen LogP contribution in [0.4, 0.5) is 4.39 Å². The minimum Gasteiger partial charge on any atom is -0.379 e. The van der Waals surface area contributed by atoms with Crippen molar-refractivity contribution in [3.8, 4) is 16.3 Å². The highest BCUT2D eigenvalue weighted by Gasteiger charge is 2.30. The van der Waals surface area contributed by atoms with Crippen molar-refractivity contribution in [1.29, 1.82) is 0 Å². The summed E-state index contributed by atoms with van der Waals surface area (Å²) >= 11 is 1.46. The third kappa shape index (κ3) is 5.52. The molecule has 0 atom stereocenters. The van der Waals surface area contributed by atoms with Crippen LogP contribution in [0.5, 0.6) is 0 Å². The van der Waals surface area contributed by atoms with Gasteiger partial charge in [-0.2, -0.15) is 9.40 Å². The average molecular weight is 621 g/mol. The van der Waals surface area contributed by atoms with Gasteiger partial charge in [0, 0.05) is 18.7 Å². The number of benzene rings is 2. The third-order valence-corrected chi connectivity index (χ3v) is 9.71. The van der Waals surface area contributed by atoms with E-state index in [4.69, 9.17) is 9.72 Å². The molecule has 2 amide bonds. The van der Waals surface area contributed by atoms with Crippen molar-refractivity contribution in [2.45, 2.75) is 11.8 Å². The van der Waals surface area contributed by atoms with Crippen LogP contribution in [0.25, 0.3) is 27.3 Å². The maximum atomic E-state index is 14.6. The van der Waals surface area contributed by atoms with Crippen molar-refractivity contribution in [3.63, 3.8) is 0 Å². The number of nitrogens with zero attached hydrogens (tertiary/aromatic N) is 4. The topological polar surface area (TPSA) is 136 Å². The first-order chi connectivity index (χ1) is 20.7. The maximum absolute atomic E-state index is 14.6. The first-order valence-electron chi connectivity index (χ1n) is 13.2. The third-order valence-electron chi connectivity index (χ3n) is 6.90. The molecule has 6 rings (SSSR count). The SMILES string of the molecule is Cc1nn(-c2ccccc2)c2nc(-c3cccs3)cc(C(=O)NNC(=O)c3ccc(F)c(S(=O)(=O)N4CCOCC4)c3)c12. The fraction of sp³-hybridized carbons (Fsp3) is 0.172. The number of aromatic nitrogens is 3. The van der Waals surface area contributed by atoms with Gasteiger partial charge in [-0.15, -0.1) is 11.3 Å². The van der Waals surface area contributed by atoms with Crippen LogP contribution in [0.2, 0.25) is 0 Å². The van der Waals surface area contributed by atoms with E-state index >= 15 is 0 Å². The molecule has 0 saturated carbocycles. The molecule has 0 unspecified atom stereocenters. The lowest BCUT2D eigenvalue weighted by Gasteiger charge is -2.26. The number of hydrogen-bond acceptors (Lipinski definition) is 8. The Balaban J connectivity index is 1.30. The second-order valence-electron chi connectivity index (χ2n) is 9.63. The first-order valence-corrected chi connectivity index (χ1v) is 15.5. The molecule has 0 bridgehead atoms. The second kappa shape index (κ2) is 11.6. The first kappa shape index (κ1) is 28.6. The number of sulfonamides is 1. The van der Waals surface area contributed by atoms with E-state index in [-0.39, 0.29) is 37.4 Å². The van der Waals surface area contributed by atoms with Gasteiger partial charge in [0.25, 0.3) is 11.8 Å². The summed E-state index contributed by atoms with van der Waals surface area (Å²) < 4.78 is 48.7. The van der Waals surface area contributed by atoms with Gasteiger partial charge in [-0.05, 0) is 54.8 Å². The molecule has 43 heavy (non-hydrogen) atoms. The predicted molar refractivity (Wildman–Crippen MR) is 158 cm³/mol. The normalized spacial score (nSPS) is 14.1.